The van der Waals surface area contributed by atoms with Crippen molar-refractivity contribution in [1.82, 2.24) is 5.32 Å². The normalized spacial score (nSPS) is 10.9. The lowest BCUT2D eigenvalue weighted by Gasteiger charge is -2.25. The number of nitrogens with one attached hydrogen (secondary N) is 2. The summed E-state index contributed by atoms with van der Waals surface area (Å²) in [7, 11) is 1.57. The van der Waals surface area contributed by atoms with E-state index < -0.39 is 0 Å². The Hall–Kier alpha value is -1.75. The summed E-state index contributed by atoms with van der Waals surface area (Å²) in [5.74, 6) is 0.629. The largest absolute Gasteiger partial charge is 0.495 e. The topological polar surface area (TPSA) is 76.4 Å². The number of rotatable bonds is 5. The molecule has 1 aromatic carbocycles. The molecule has 0 aliphatic heterocycles. The van der Waals surface area contributed by atoms with Crippen molar-refractivity contribution in [3.8, 4) is 5.75 Å². The quantitative estimate of drug-likeness (QED) is 0.748. The van der Waals surface area contributed by atoms with Gasteiger partial charge in [0, 0.05) is 5.54 Å². The Morgan fingerprint density at radius 3 is 2.67 bits per heavy atom. The molecule has 0 saturated carbocycles. The molecule has 0 atom stereocenters. The van der Waals surface area contributed by atoms with E-state index in [1.807, 2.05) is 26.0 Å². The van der Waals surface area contributed by atoms with E-state index in [1.165, 1.54) is 0 Å². The van der Waals surface area contributed by atoms with Crippen molar-refractivity contribution in [3.05, 3.63) is 24.3 Å². The number of hydrogen-bond acceptors (Lipinski definition) is 3. The van der Waals surface area contributed by atoms with Gasteiger partial charge in [-0.15, -0.1) is 0 Å². The van der Waals surface area contributed by atoms with Crippen LogP contribution in [0.1, 0.15) is 20.3 Å². The maximum Gasteiger partial charge on any atom is 0.319 e. The zero-order valence-corrected chi connectivity index (χ0v) is 11.1. The van der Waals surface area contributed by atoms with Crippen molar-refractivity contribution < 1.29 is 9.53 Å². The van der Waals surface area contributed by atoms with Gasteiger partial charge in [-0.05, 0) is 38.9 Å². The van der Waals surface area contributed by atoms with Crippen LogP contribution in [-0.4, -0.2) is 25.2 Å². The van der Waals surface area contributed by atoms with E-state index in [1.54, 1.807) is 19.2 Å². The molecular weight excluding hydrogens is 230 g/mol. The SMILES string of the molecule is COc1ccccc1NC(=O)NC(C)(C)CCN. The first-order valence-corrected chi connectivity index (χ1v) is 5.91. The van der Waals surface area contributed by atoms with Gasteiger partial charge in [0.25, 0.3) is 0 Å². The number of anilines is 1. The van der Waals surface area contributed by atoms with E-state index in [9.17, 15) is 4.79 Å². The molecule has 0 aromatic heterocycles. The molecule has 0 radical (unpaired) electrons. The maximum atomic E-state index is 11.9. The Labute approximate surface area is 108 Å². The second-order valence-corrected chi connectivity index (χ2v) is 4.70. The molecular formula is C13H21N3O2. The molecule has 0 heterocycles. The first-order chi connectivity index (χ1) is 8.48. The summed E-state index contributed by atoms with van der Waals surface area (Å²) in [4.78, 5) is 11.9. The number of benzene rings is 1. The number of amides is 2. The van der Waals surface area contributed by atoms with Crippen LogP contribution in [0, 0.1) is 0 Å². The van der Waals surface area contributed by atoms with Crippen molar-refractivity contribution >= 4 is 11.7 Å². The van der Waals surface area contributed by atoms with Crippen LogP contribution in [0.5, 0.6) is 5.75 Å². The number of hydrogen-bond donors (Lipinski definition) is 3. The summed E-state index contributed by atoms with van der Waals surface area (Å²) < 4.78 is 5.16. The summed E-state index contributed by atoms with van der Waals surface area (Å²) in [5, 5.41) is 5.63. The van der Waals surface area contributed by atoms with Crippen LogP contribution >= 0.6 is 0 Å². The van der Waals surface area contributed by atoms with Crippen molar-refractivity contribution in [2.24, 2.45) is 5.73 Å². The minimum absolute atomic E-state index is 0.266. The highest BCUT2D eigenvalue weighted by Crippen LogP contribution is 2.23. The Morgan fingerprint density at radius 2 is 2.06 bits per heavy atom. The highest BCUT2D eigenvalue weighted by Gasteiger charge is 2.19. The summed E-state index contributed by atoms with van der Waals surface area (Å²) >= 11 is 0. The second kappa shape index (κ2) is 6.26. The molecule has 0 bridgehead atoms. The molecule has 2 amide bonds. The van der Waals surface area contributed by atoms with Crippen LogP contribution in [-0.2, 0) is 0 Å². The van der Waals surface area contributed by atoms with Gasteiger partial charge in [-0.2, -0.15) is 0 Å². The van der Waals surface area contributed by atoms with Crippen LogP contribution in [0.2, 0.25) is 0 Å². The maximum absolute atomic E-state index is 11.9. The lowest BCUT2D eigenvalue weighted by Crippen LogP contribution is -2.46. The van der Waals surface area contributed by atoms with Gasteiger partial charge in [0.1, 0.15) is 5.75 Å². The van der Waals surface area contributed by atoms with Crippen LogP contribution in [0.4, 0.5) is 10.5 Å². The standard InChI is InChI=1S/C13H21N3O2/c1-13(2,8-9-14)16-12(17)15-10-6-4-5-7-11(10)18-3/h4-7H,8-9,14H2,1-3H3,(H2,15,16,17). The van der Waals surface area contributed by atoms with Gasteiger partial charge < -0.3 is 21.1 Å². The van der Waals surface area contributed by atoms with Crippen molar-refractivity contribution in [2.45, 2.75) is 25.8 Å². The molecule has 18 heavy (non-hydrogen) atoms. The zero-order chi connectivity index (χ0) is 13.6. The Bertz CT molecular complexity index is 405. The summed E-state index contributed by atoms with van der Waals surface area (Å²) in [6.45, 7) is 4.39. The molecule has 0 saturated heterocycles. The second-order valence-electron chi connectivity index (χ2n) is 4.70. The van der Waals surface area contributed by atoms with E-state index >= 15 is 0 Å². The highest BCUT2D eigenvalue weighted by molar-refractivity contribution is 5.91. The summed E-state index contributed by atoms with van der Waals surface area (Å²) in [6, 6.07) is 7.00. The first kappa shape index (κ1) is 14.3. The van der Waals surface area contributed by atoms with Gasteiger partial charge in [-0.3, -0.25) is 0 Å². The molecule has 5 nitrogen and oxygen atoms in total. The molecule has 5 heteroatoms. The lowest BCUT2D eigenvalue weighted by molar-refractivity contribution is 0.240. The molecule has 0 unspecified atom stereocenters. The molecule has 0 fully saturated rings. The van der Waals surface area contributed by atoms with E-state index in [0.29, 0.717) is 24.4 Å². The fourth-order valence-corrected chi connectivity index (χ4v) is 1.63. The fourth-order valence-electron chi connectivity index (χ4n) is 1.63. The molecule has 0 aliphatic carbocycles. The van der Waals surface area contributed by atoms with E-state index in [-0.39, 0.29) is 11.6 Å². The van der Waals surface area contributed by atoms with Gasteiger partial charge >= 0.3 is 6.03 Å². The summed E-state index contributed by atoms with van der Waals surface area (Å²) in [5.41, 5.74) is 5.80. The number of methoxy groups -OCH3 is 1. The van der Waals surface area contributed by atoms with Gasteiger partial charge in [-0.1, -0.05) is 12.1 Å². The Balaban J connectivity index is 2.65. The van der Waals surface area contributed by atoms with Crippen LogP contribution in [0.3, 0.4) is 0 Å². The fraction of sp³-hybridized carbons (Fsp3) is 0.462. The lowest BCUT2D eigenvalue weighted by atomic mass is 10.0. The number of urea groups is 1. The molecule has 100 valence electrons. The smallest absolute Gasteiger partial charge is 0.319 e. The predicted molar refractivity (Wildman–Crippen MR) is 72.9 cm³/mol. The van der Waals surface area contributed by atoms with Crippen molar-refractivity contribution in [2.75, 3.05) is 19.0 Å². The van der Waals surface area contributed by atoms with Gasteiger partial charge in [0.15, 0.2) is 0 Å². The number of carbonyl (C=O) groups is 1. The average molecular weight is 251 g/mol. The minimum Gasteiger partial charge on any atom is -0.495 e. The highest BCUT2D eigenvalue weighted by atomic mass is 16.5. The van der Waals surface area contributed by atoms with Crippen molar-refractivity contribution in [1.29, 1.82) is 0 Å². The molecule has 1 rings (SSSR count). The number of ether oxygens (including phenoxy) is 1. The Kier molecular flexibility index (Phi) is 4.97. The Morgan fingerprint density at radius 1 is 1.39 bits per heavy atom. The van der Waals surface area contributed by atoms with Gasteiger partial charge in [-0.25, -0.2) is 4.79 Å². The monoisotopic (exact) mass is 251 g/mol. The number of para-hydroxylation sites is 2. The van der Waals surface area contributed by atoms with Crippen molar-refractivity contribution in [3.63, 3.8) is 0 Å². The predicted octanol–water partition coefficient (Wildman–Crippen LogP) is 1.94. The number of carbonyl (C=O) groups excluding carboxylic acids is 1. The third-order valence-corrected chi connectivity index (χ3v) is 2.58. The van der Waals surface area contributed by atoms with Gasteiger partial charge in [0.05, 0.1) is 12.8 Å². The van der Waals surface area contributed by atoms with E-state index in [0.717, 1.165) is 0 Å². The van der Waals surface area contributed by atoms with E-state index in [4.69, 9.17) is 10.5 Å². The van der Waals surface area contributed by atoms with Crippen LogP contribution in [0.15, 0.2) is 24.3 Å². The van der Waals surface area contributed by atoms with E-state index in [2.05, 4.69) is 10.6 Å². The van der Waals surface area contributed by atoms with Crippen LogP contribution in [0.25, 0.3) is 0 Å². The number of nitrogens with two attached hydrogens (primary N) is 1. The molecule has 0 aliphatic rings. The van der Waals surface area contributed by atoms with Crippen LogP contribution < -0.4 is 21.1 Å². The molecule has 1 aromatic rings. The summed E-state index contributed by atoms with van der Waals surface area (Å²) in [6.07, 6.45) is 0.715. The zero-order valence-electron chi connectivity index (χ0n) is 11.1. The third kappa shape index (κ3) is 4.25. The minimum atomic E-state index is -0.332. The first-order valence-electron chi connectivity index (χ1n) is 5.91. The third-order valence-electron chi connectivity index (χ3n) is 2.58. The average Bonchev–Trinajstić information content (AvgIpc) is 2.28. The molecule has 4 N–H and O–H groups in total. The molecule has 0 spiro atoms. The van der Waals surface area contributed by atoms with Gasteiger partial charge in [0.2, 0.25) is 0 Å².